The quantitative estimate of drug-likeness (QED) is 0.185. The molecule has 18 heavy (non-hydrogen) atoms. The summed E-state index contributed by atoms with van der Waals surface area (Å²) in [6, 6.07) is 8.52. The van der Waals surface area contributed by atoms with Gasteiger partial charge in [-0.15, -0.1) is 11.6 Å². The van der Waals surface area contributed by atoms with Gasteiger partial charge in [-0.3, -0.25) is 0 Å². The summed E-state index contributed by atoms with van der Waals surface area (Å²) < 4.78 is 5.10. The maximum Gasteiger partial charge on any atom is 0.333 e. The Hall–Kier alpha value is 1.00. The van der Waals surface area contributed by atoms with Crippen LogP contribution in [0.25, 0.3) is 0 Å². The van der Waals surface area contributed by atoms with Crippen LogP contribution in [0.5, 0.6) is 5.75 Å². The number of carbonyl (C=O) groups is 1. The Bertz CT molecular complexity index is 365. The fourth-order valence-corrected chi connectivity index (χ4v) is 1.39. The van der Waals surface area contributed by atoms with Gasteiger partial charge in [-0.2, -0.15) is 31.5 Å². The van der Waals surface area contributed by atoms with Gasteiger partial charge in [0.05, 0.1) is 0 Å². The number of ether oxygens (including phenoxy) is 1. The van der Waals surface area contributed by atoms with E-state index in [1.165, 1.54) is 0 Å². The smallest absolute Gasteiger partial charge is 0.333 e. The van der Waals surface area contributed by atoms with Crippen LogP contribution in [-0.4, -0.2) is 5.97 Å². The van der Waals surface area contributed by atoms with Crippen LogP contribution in [-0.2, 0) is 11.2 Å². The molecule has 0 aromatic heterocycles. The van der Waals surface area contributed by atoms with Crippen molar-refractivity contribution in [3.8, 4) is 5.75 Å². The third-order valence-electron chi connectivity index (χ3n) is 2.21. The van der Waals surface area contributed by atoms with Crippen LogP contribution in [0, 0.1) is 89.7 Å². The van der Waals surface area contributed by atoms with Gasteiger partial charge in [-0.05, 0) is 0 Å². The third-order valence-corrected chi connectivity index (χ3v) is 2.21. The van der Waals surface area contributed by atoms with Gasteiger partial charge in [-0.1, -0.05) is 19.4 Å². The van der Waals surface area contributed by atoms with Crippen LogP contribution in [0.3, 0.4) is 0 Å². The molecule has 0 fully saturated rings. The molecule has 0 saturated heterocycles. The summed E-state index contributed by atoms with van der Waals surface area (Å²) in [5, 5.41) is 0. The van der Waals surface area contributed by atoms with Crippen molar-refractivity contribution in [3.63, 3.8) is 0 Å². The molecule has 1 rings (SSSR count). The molecule has 0 aliphatic carbocycles. The van der Waals surface area contributed by atoms with Crippen LogP contribution in [0.1, 0.15) is 25.3 Å². The number of rotatable bonds is 6. The molecule has 1 aromatic rings. The largest absolute Gasteiger partial charge is 0.450 e. The van der Waals surface area contributed by atoms with Crippen LogP contribution in [0.4, 0.5) is 0 Å². The van der Waals surface area contributed by atoms with E-state index < -0.39 is 5.97 Å². The van der Waals surface area contributed by atoms with Crippen molar-refractivity contribution in [2.24, 2.45) is 0 Å². The Morgan fingerprint density at radius 1 is 1.56 bits per heavy atom. The first-order valence-electron chi connectivity index (χ1n) is 5.39. The Labute approximate surface area is 171 Å². The number of hydrogen-bond donors (Lipinski definition) is 0. The molecular formula is C14H16O2Tb2-2. The van der Waals surface area contributed by atoms with Crippen LogP contribution >= 0.6 is 0 Å². The molecule has 0 N–H and O–H groups in total. The van der Waals surface area contributed by atoms with E-state index >= 15 is 0 Å². The summed E-state index contributed by atoms with van der Waals surface area (Å²) in [5.41, 5.74) is 1.01. The van der Waals surface area contributed by atoms with Gasteiger partial charge < -0.3 is 11.2 Å². The molecule has 0 aliphatic rings. The van der Waals surface area contributed by atoms with E-state index in [1.807, 2.05) is 19.1 Å². The maximum atomic E-state index is 11.1. The fraction of sp³-hybridized carbons (Fsp3) is 0.286. The number of esters is 1. The van der Waals surface area contributed by atoms with Gasteiger partial charge in [-0.25, -0.2) is 4.79 Å². The minimum absolute atomic E-state index is 0. The molecular weight excluding hydrogens is 518 g/mol. The van der Waals surface area contributed by atoms with Crippen molar-refractivity contribution < 1.29 is 86.8 Å². The molecule has 2 radical (unpaired) electrons. The maximum absolute atomic E-state index is 11.1. The summed E-state index contributed by atoms with van der Waals surface area (Å²) in [6.45, 7) is 5.41. The van der Waals surface area contributed by atoms with Crippen molar-refractivity contribution in [2.45, 2.75) is 26.2 Å². The predicted octanol–water partition coefficient (Wildman–Crippen LogP) is 3.13. The Morgan fingerprint density at radius 2 is 2.28 bits per heavy atom. The Balaban J connectivity index is 0. The van der Waals surface area contributed by atoms with E-state index in [2.05, 4.69) is 19.1 Å². The minimum Gasteiger partial charge on any atom is -0.450 e. The molecule has 0 bridgehead atoms. The first-order valence-corrected chi connectivity index (χ1v) is 5.39. The van der Waals surface area contributed by atoms with E-state index in [0.717, 1.165) is 30.9 Å². The number of aryl methyl sites for hydroxylation is 1. The van der Waals surface area contributed by atoms with Crippen LogP contribution < -0.4 is 4.74 Å². The molecule has 1 aromatic carbocycles. The molecule has 0 spiro atoms. The van der Waals surface area contributed by atoms with Crippen molar-refractivity contribution in [1.29, 1.82) is 0 Å². The number of carbonyl (C=O) groups excluding carboxylic acids is 1. The van der Waals surface area contributed by atoms with E-state index in [9.17, 15) is 4.79 Å². The van der Waals surface area contributed by atoms with E-state index in [-0.39, 0.29) is 77.2 Å². The summed E-state index contributed by atoms with van der Waals surface area (Å²) in [4.78, 5) is 11.1. The molecule has 0 heterocycles. The van der Waals surface area contributed by atoms with Crippen LogP contribution in [0.2, 0.25) is 0 Å². The molecule has 0 aliphatic heterocycles. The number of para-hydroxylation sites is 1. The Morgan fingerprint density at radius 3 is 2.89 bits per heavy atom. The molecule has 0 atom stereocenters. The summed E-state index contributed by atoms with van der Waals surface area (Å²) in [5.74, 6) is 0.0780. The standard InChI is InChI=1S/C14H16O2.2Tb/c1-3-5-6-9-12-10-7-8-11-13(12)16-14(15)4-2;;/h3-4,7-8,10H,2,5-6,9H2,1H3;;/q-2;;. The second kappa shape index (κ2) is 13.0. The molecule has 4 heteroatoms. The SMILES string of the molecule is C=CC(=O)Oc1[c-]cccc1CCC[CH-]C.[Tb].[Tb]. The van der Waals surface area contributed by atoms with E-state index in [0.29, 0.717) is 5.75 Å². The number of hydrogen-bond acceptors (Lipinski definition) is 2. The zero-order valence-corrected chi connectivity index (χ0v) is 14.5. The van der Waals surface area contributed by atoms with E-state index in [4.69, 9.17) is 4.74 Å². The topological polar surface area (TPSA) is 26.3 Å². The van der Waals surface area contributed by atoms with Crippen molar-refractivity contribution in [3.05, 3.63) is 48.9 Å². The first-order chi connectivity index (χ1) is 7.77. The molecule has 0 saturated carbocycles. The molecule has 0 amide bonds. The second-order valence-electron chi connectivity index (χ2n) is 3.45. The summed E-state index contributed by atoms with van der Waals surface area (Å²) in [6.07, 6.45) is 6.28. The monoisotopic (exact) mass is 534 g/mol. The van der Waals surface area contributed by atoms with Gasteiger partial charge in [0.25, 0.3) is 0 Å². The Kier molecular flexibility index (Phi) is 15.4. The minimum atomic E-state index is -0.439. The van der Waals surface area contributed by atoms with Crippen molar-refractivity contribution >= 4 is 5.97 Å². The summed E-state index contributed by atoms with van der Waals surface area (Å²) >= 11 is 0. The van der Waals surface area contributed by atoms with Gasteiger partial charge in [0.1, 0.15) is 0 Å². The fourth-order valence-electron chi connectivity index (χ4n) is 1.39. The number of benzene rings is 1. The first kappa shape index (κ1) is 21.3. The normalized spacial score (nSPS) is 8.72. The zero-order chi connectivity index (χ0) is 11.8. The molecule has 104 valence electrons. The zero-order valence-electron chi connectivity index (χ0n) is 10.2. The molecule has 2 nitrogen and oxygen atoms in total. The van der Waals surface area contributed by atoms with Gasteiger partial charge in [0.15, 0.2) is 0 Å². The predicted molar refractivity (Wildman–Crippen MR) is 64.0 cm³/mol. The van der Waals surface area contributed by atoms with Gasteiger partial charge in [0.2, 0.25) is 0 Å². The van der Waals surface area contributed by atoms with Gasteiger partial charge >= 0.3 is 5.97 Å². The second-order valence-corrected chi connectivity index (χ2v) is 3.45. The van der Waals surface area contributed by atoms with Crippen molar-refractivity contribution in [1.82, 2.24) is 0 Å². The average molecular weight is 534 g/mol. The van der Waals surface area contributed by atoms with Crippen LogP contribution in [0.15, 0.2) is 30.9 Å². The van der Waals surface area contributed by atoms with Crippen molar-refractivity contribution in [2.75, 3.05) is 0 Å². The number of unbranched alkanes of at least 4 members (excludes halogenated alkanes) is 2. The average Bonchev–Trinajstić information content (AvgIpc) is 2.31. The molecule has 0 unspecified atom stereocenters. The van der Waals surface area contributed by atoms with Gasteiger partial charge in [0, 0.05) is 89.0 Å². The summed E-state index contributed by atoms with van der Waals surface area (Å²) in [7, 11) is 0. The van der Waals surface area contributed by atoms with E-state index in [1.54, 1.807) is 6.07 Å². The third kappa shape index (κ3) is 8.23.